The van der Waals surface area contributed by atoms with Crippen molar-refractivity contribution in [3.8, 4) is 11.3 Å². The molecule has 3 aromatic rings. The Hall–Kier alpha value is -2.63. The van der Waals surface area contributed by atoms with Crippen molar-refractivity contribution in [3.63, 3.8) is 0 Å². The van der Waals surface area contributed by atoms with E-state index in [1.807, 2.05) is 30.3 Å². The van der Waals surface area contributed by atoms with Crippen molar-refractivity contribution in [1.29, 1.82) is 0 Å². The minimum Gasteiger partial charge on any atom is -0.247 e. The van der Waals surface area contributed by atoms with Crippen LogP contribution in [0.5, 0.6) is 0 Å². The Morgan fingerprint density at radius 1 is 0.955 bits per heavy atom. The molecule has 0 bridgehead atoms. The maximum Gasteiger partial charge on any atom is 0.416 e. The first-order valence-corrected chi connectivity index (χ1v) is 6.64. The van der Waals surface area contributed by atoms with Crippen LogP contribution in [0.15, 0.2) is 60.8 Å². The highest BCUT2D eigenvalue weighted by Crippen LogP contribution is 2.31. The molecule has 0 unspecified atom stereocenters. The lowest BCUT2D eigenvalue weighted by molar-refractivity contribution is -0.137. The van der Waals surface area contributed by atoms with Gasteiger partial charge in [0.15, 0.2) is 0 Å². The summed E-state index contributed by atoms with van der Waals surface area (Å²) in [6.45, 7) is 0.521. The summed E-state index contributed by atoms with van der Waals surface area (Å²) in [5.74, 6) is 0. The van der Waals surface area contributed by atoms with Crippen molar-refractivity contribution in [2.45, 2.75) is 12.7 Å². The zero-order valence-corrected chi connectivity index (χ0v) is 11.5. The molecule has 0 aliphatic rings. The number of alkyl halides is 3. The largest absolute Gasteiger partial charge is 0.416 e. The predicted molar refractivity (Wildman–Crippen MR) is 76.0 cm³/mol. The van der Waals surface area contributed by atoms with E-state index in [4.69, 9.17) is 0 Å². The van der Waals surface area contributed by atoms with Gasteiger partial charge in [0.05, 0.1) is 18.3 Å². The predicted octanol–water partition coefficient (Wildman–Crippen LogP) is 4.01. The van der Waals surface area contributed by atoms with Crippen LogP contribution in [0.3, 0.4) is 0 Å². The Labute approximate surface area is 125 Å². The first kappa shape index (κ1) is 14.3. The first-order chi connectivity index (χ1) is 10.5. The maximum absolute atomic E-state index is 12.7. The summed E-state index contributed by atoms with van der Waals surface area (Å²) in [5.41, 5.74) is 1.17. The molecule has 1 aromatic heterocycles. The fourth-order valence-corrected chi connectivity index (χ4v) is 2.13. The molecule has 0 saturated heterocycles. The van der Waals surface area contributed by atoms with Gasteiger partial charge in [0.1, 0.15) is 5.69 Å². The molecule has 0 aliphatic carbocycles. The third-order valence-electron chi connectivity index (χ3n) is 3.21. The summed E-state index contributed by atoms with van der Waals surface area (Å²) in [6.07, 6.45) is -2.72. The van der Waals surface area contributed by atoms with Gasteiger partial charge in [-0.2, -0.15) is 13.2 Å². The minimum atomic E-state index is -4.37. The van der Waals surface area contributed by atoms with Crippen LogP contribution in [0.4, 0.5) is 13.2 Å². The normalized spacial score (nSPS) is 11.6. The van der Waals surface area contributed by atoms with E-state index in [0.717, 1.165) is 17.7 Å². The summed E-state index contributed by atoms with van der Waals surface area (Å²) in [5, 5.41) is 7.92. The lowest BCUT2D eigenvalue weighted by atomic mass is 10.1. The van der Waals surface area contributed by atoms with E-state index in [0.29, 0.717) is 17.8 Å². The molecule has 2 aromatic carbocycles. The van der Waals surface area contributed by atoms with Crippen molar-refractivity contribution < 1.29 is 13.2 Å². The number of rotatable bonds is 3. The summed E-state index contributed by atoms with van der Waals surface area (Å²) in [7, 11) is 0. The molecule has 0 spiro atoms. The topological polar surface area (TPSA) is 30.7 Å². The van der Waals surface area contributed by atoms with Gasteiger partial charge in [0.2, 0.25) is 0 Å². The number of halogens is 3. The quantitative estimate of drug-likeness (QED) is 0.732. The van der Waals surface area contributed by atoms with Crippen LogP contribution in [0.1, 0.15) is 11.1 Å². The van der Waals surface area contributed by atoms with Crippen molar-refractivity contribution in [2.75, 3.05) is 0 Å². The Bertz CT molecular complexity index is 764. The van der Waals surface area contributed by atoms with Crippen molar-refractivity contribution >= 4 is 0 Å². The Kier molecular flexibility index (Phi) is 3.66. The van der Waals surface area contributed by atoms with Crippen LogP contribution < -0.4 is 0 Å². The van der Waals surface area contributed by atoms with Crippen LogP contribution in [-0.2, 0) is 12.7 Å². The Balaban J connectivity index is 1.85. The number of nitrogens with zero attached hydrogens (tertiary/aromatic N) is 3. The molecule has 0 N–H and O–H groups in total. The molecule has 112 valence electrons. The van der Waals surface area contributed by atoms with Gasteiger partial charge in [-0.05, 0) is 17.7 Å². The molecular weight excluding hydrogens is 291 g/mol. The molecule has 0 saturated carbocycles. The van der Waals surface area contributed by atoms with E-state index in [-0.39, 0.29) is 0 Å². The molecule has 3 rings (SSSR count). The summed E-state index contributed by atoms with van der Waals surface area (Å²) in [6, 6.07) is 14.7. The zero-order chi connectivity index (χ0) is 15.6. The first-order valence-electron chi connectivity index (χ1n) is 6.64. The molecule has 0 aliphatic heterocycles. The van der Waals surface area contributed by atoms with Crippen LogP contribution >= 0.6 is 0 Å². The summed E-state index contributed by atoms with van der Waals surface area (Å²) < 4.78 is 39.8. The molecule has 1 heterocycles. The van der Waals surface area contributed by atoms with Crippen molar-refractivity contribution in [2.24, 2.45) is 0 Å². The molecule has 22 heavy (non-hydrogen) atoms. The second-order valence-electron chi connectivity index (χ2n) is 4.87. The number of hydrogen-bond donors (Lipinski definition) is 0. The molecule has 0 radical (unpaired) electrons. The van der Waals surface area contributed by atoms with Crippen LogP contribution in [0, 0.1) is 0 Å². The average molecular weight is 303 g/mol. The lowest BCUT2D eigenvalue weighted by Crippen LogP contribution is -2.04. The van der Waals surface area contributed by atoms with Gasteiger partial charge >= 0.3 is 6.18 Å². The summed E-state index contributed by atoms with van der Waals surface area (Å²) >= 11 is 0. The van der Waals surface area contributed by atoms with E-state index in [1.165, 1.54) is 6.07 Å². The van der Waals surface area contributed by atoms with Crippen LogP contribution in [-0.4, -0.2) is 15.0 Å². The lowest BCUT2D eigenvalue weighted by Gasteiger charge is -2.07. The van der Waals surface area contributed by atoms with Crippen molar-refractivity contribution in [3.05, 3.63) is 71.9 Å². The van der Waals surface area contributed by atoms with Gasteiger partial charge < -0.3 is 0 Å². The van der Waals surface area contributed by atoms with E-state index in [1.54, 1.807) is 16.9 Å². The highest BCUT2D eigenvalue weighted by molar-refractivity contribution is 5.59. The van der Waals surface area contributed by atoms with E-state index < -0.39 is 11.7 Å². The van der Waals surface area contributed by atoms with E-state index in [9.17, 15) is 13.2 Å². The molecule has 0 amide bonds. The fraction of sp³-hybridized carbons (Fsp3) is 0.125. The van der Waals surface area contributed by atoms with Crippen LogP contribution in [0.2, 0.25) is 0 Å². The minimum absolute atomic E-state index is 0.397. The number of hydrogen-bond acceptors (Lipinski definition) is 2. The fourth-order valence-electron chi connectivity index (χ4n) is 2.13. The zero-order valence-electron chi connectivity index (χ0n) is 11.5. The number of benzene rings is 2. The molecule has 6 heteroatoms. The molecular formula is C16H12F3N3. The monoisotopic (exact) mass is 303 g/mol. The van der Waals surface area contributed by atoms with Crippen molar-refractivity contribution in [1.82, 2.24) is 15.0 Å². The third kappa shape index (κ3) is 3.16. The SMILES string of the molecule is FC(F)(F)c1cccc(-c2cn(Cc3ccccc3)nn2)c1. The van der Waals surface area contributed by atoms with E-state index in [2.05, 4.69) is 10.3 Å². The van der Waals surface area contributed by atoms with Crippen LogP contribution in [0.25, 0.3) is 11.3 Å². The highest BCUT2D eigenvalue weighted by Gasteiger charge is 2.30. The second kappa shape index (κ2) is 5.63. The average Bonchev–Trinajstić information content (AvgIpc) is 2.96. The maximum atomic E-state index is 12.7. The Morgan fingerprint density at radius 2 is 1.73 bits per heavy atom. The molecule has 0 fully saturated rings. The van der Waals surface area contributed by atoms with Gasteiger partial charge in [-0.1, -0.05) is 47.7 Å². The third-order valence-corrected chi connectivity index (χ3v) is 3.21. The van der Waals surface area contributed by atoms with Gasteiger partial charge in [-0.3, -0.25) is 0 Å². The second-order valence-corrected chi connectivity index (χ2v) is 4.87. The van der Waals surface area contributed by atoms with E-state index >= 15 is 0 Å². The number of aromatic nitrogens is 3. The van der Waals surface area contributed by atoms with Gasteiger partial charge in [0, 0.05) is 5.56 Å². The van der Waals surface area contributed by atoms with Gasteiger partial charge in [-0.25, -0.2) is 4.68 Å². The van der Waals surface area contributed by atoms with Gasteiger partial charge in [-0.15, -0.1) is 5.10 Å². The highest BCUT2D eigenvalue weighted by atomic mass is 19.4. The smallest absolute Gasteiger partial charge is 0.247 e. The Morgan fingerprint density at radius 3 is 2.45 bits per heavy atom. The standard InChI is InChI=1S/C16H12F3N3/c17-16(18,19)14-8-4-7-13(9-14)15-11-22(21-20-15)10-12-5-2-1-3-6-12/h1-9,11H,10H2. The van der Waals surface area contributed by atoms with Gasteiger partial charge in [0.25, 0.3) is 0 Å². The summed E-state index contributed by atoms with van der Waals surface area (Å²) in [4.78, 5) is 0. The molecule has 0 atom stereocenters. The molecule has 3 nitrogen and oxygen atoms in total.